The Morgan fingerprint density at radius 3 is 3.11 bits per heavy atom. The number of hydrogen-bond donors (Lipinski definition) is 1. The molecule has 0 radical (unpaired) electrons. The predicted molar refractivity (Wildman–Crippen MR) is 30.1 cm³/mol. The first kappa shape index (κ1) is 5.96. The molecule has 0 atom stereocenters. The third kappa shape index (κ3) is 1.65. The van der Waals surface area contributed by atoms with E-state index < -0.39 is 6.09 Å². The second-order valence-corrected chi connectivity index (χ2v) is 1.72. The van der Waals surface area contributed by atoms with Crippen LogP contribution >= 0.6 is 11.7 Å². The molecule has 1 aromatic rings. The van der Waals surface area contributed by atoms with Gasteiger partial charge in [-0.1, -0.05) is 0 Å². The second-order valence-electron chi connectivity index (χ2n) is 1.17. The molecule has 0 fully saturated rings. The minimum absolute atomic E-state index is 0.146. The van der Waals surface area contributed by atoms with E-state index in [9.17, 15) is 4.79 Å². The number of hydrogen-bond acceptors (Lipinski definition) is 5. The predicted octanol–water partition coefficient (Wildman–Crippen LogP) is -0.00440. The van der Waals surface area contributed by atoms with Crippen molar-refractivity contribution in [1.29, 1.82) is 0 Å². The standard InChI is InChI=1S/C3H3N3O2S/c4-3(7)8-2-1-5-9-6-2/h1H,(H2,4,7). The van der Waals surface area contributed by atoms with Crippen molar-refractivity contribution in [2.75, 3.05) is 0 Å². The fourth-order valence-corrected chi connectivity index (χ4v) is 0.653. The quantitative estimate of drug-likeness (QED) is 0.603. The van der Waals surface area contributed by atoms with Gasteiger partial charge in [-0.3, -0.25) is 0 Å². The van der Waals surface area contributed by atoms with E-state index in [-0.39, 0.29) is 5.88 Å². The minimum Gasteiger partial charge on any atom is -0.389 e. The first-order chi connectivity index (χ1) is 4.29. The van der Waals surface area contributed by atoms with Gasteiger partial charge >= 0.3 is 6.09 Å². The smallest absolute Gasteiger partial charge is 0.389 e. The summed E-state index contributed by atoms with van der Waals surface area (Å²) in [6.07, 6.45) is 0.442. The molecule has 0 aromatic carbocycles. The summed E-state index contributed by atoms with van der Waals surface area (Å²) in [4.78, 5) is 10.0. The van der Waals surface area contributed by atoms with E-state index in [0.29, 0.717) is 0 Å². The lowest BCUT2D eigenvalue weighted by molar-refractivity contribution is 0.209. The van der Waals surface area contributed by atoms with E-state index in [2.05, 4.69) is 19.2 Å². The van der Waals surface area contributed by atoms with Gasteiger partial charge in [0, 0.05) is 0 Å². The Morgan fingerprint density at radius 2 is 2.67 bits per heavy atom. The fraction of sp³-hybridized carbons (Fsp3) is 0. The fourth-order valence-electron chi connectivity index (χ4n) is 0.304. The molecule has 1 heterocycles. The van der Waals surface area contributed by atoms with E-state index in [1.165, 1.54) is 6.20 Å². The van der Waals surface area contributed by atoms with Gasteiger partial charge in [0.25, 0.3) is 5.88 Å². The lowest BCUT2D eigenvalue weighted by Gasteiger charge is -1.89. The molecule has 0 aliphatic rings. The summed E-state index contributed by atoms with van der Waals surface area (Å²) in [6.45, 7) is 0. The van der Waals surface area contributed by atoms with E-state index in [0.717, 1.165) is 11.7 Å². The molecule has 5 nitrogen and oxygen atoms in total. The molecule has 0 unspecified atom stereocenters. The number of nitrogens with zero attached hydrogens (tertiary/aromatic N) is 2. The lowest BCUT2D eigenvalue weighted by atomic mass is 10.8. The van der Waals surface area contributed by atoms with Crippen LogP contribution in [0.25, 0.3) is 0 Å². The summed E-state index contributed by atoms with van der Waals surface area (Å²) < 4.78 is 11.5. The highest BCUT2D eigenvalue weighted by molar-refractivity contribution is 6.99. The summed E-state index contributed by atoms with van der Waals surface area (Å²) in [7, 11) is 0. The molecule has 1 amide bonds. The zero-order valence-electron chi connectivity index (χ0n) is 4.27. The molecule has 0 aliphatic heterocycles. The van der Waals surface area contributed by atoms with Crippen molar-refractivity contribution < 1.29 is 9.53 Å². The van der Waals surface area contributed by atoms with Gasteiger partial charge in [-0.25, -0.2) is 4.79 Å². The Morgan fingerprint density at radius 1 is 1.89 bits per heavy atom. The van der Waals surface area contributed by atoms with Crippen molar-refractivity contribution in [3.05, 3.63) is 6.20 Å². The summed E-state index contributed by atoms with van der Waals surface area (Å²) in [5.41, 5.74) is 4.66. The van der Waals surface area contributed by atoms with Crippen molar-refractivity contribution in [2.24, 2.45) is 5.73 Å². The van der Waals surface area contributed by atoms with Gasteiger partial charge in [0.1, 0.15) is 6.20 Å². The van der Waals surface area contributed by atoms with Crippen LogP contribution in [-0.4, -0.2) is 14.8 Å². The molecule has 0 aliphatic carbocycles. The number of amides is 1. The van der Waals surface area contributed by atoms with Gasteiger partial charge in [0.05, 0.1) is 11.7 Å². The first-order valence-electron chi connectivity index (χ1n) is 2.04. The maximum absolute atomic E-state index is 10.0. The van der Waals surface area contributed by atoms with Crippen molar-refractivity contribution in [3.63, 3.8) is 0 Å². The van der Waals surface area contributed by atoms with Crippen LogP contribution in [0.3, 0.4) is 0 Å². The summed E-state index contributed by atoms with van der Waals surface area (Å²) in [5.74, 6) is 0.146. The van der Waals surface area contributed by atoms with Crippen LogP contribution in [0.1, 0.15) is 0 Å². The number of carbonyl (C=O) groups is 1. The molecule has 0 bridgehead atoms. The summed E-state index contributed by atoms with van der Waals surface area (Å²) >= 11 is 0.949. The van der Waals surface area contributed by atoms with Crippen molar-refractivity contribution >= 4 is 17.8 Å². The van der Waals surface area contributed by atoms with Gasteiger partial charge in [0.2, 0.25) is 0 Å². The molecule has 1 aromatic heterocycles. The number of carbonyl (C=O) groups excluding carboxylic acids is 1. The molecule has 0 saturated heterocycles. The third-order valence-corrected chi connectivity index (χ3v) is 1.01. The largest absolute Gasteiger partial charge is 0.411 e. The topological polar surface area (TPSA) is 78.1 Å². The molecular weight excluding hydrogens is 142 g/mol. The number of primary amides is 1. The number of ether oxygens (including phenoxy) is 1. The monoisotopic (exact) mass is 145 g/mol. The number of aromatic nitrogens is 2. The molecule has 48 valence electrons. The molecule has 6 heteroatoms. The van der Waals surface area contributed by atoms with Crippen LogP contribution in [0.5, 0.6) is 5.88 Å². The van der Waals surface area contributed by atoms with Crippen LogP contribution in [0.15, 0.2) is 6.20 Å². The Balaban J connectivity index is 2.58. The highest BCUT2D eigenvalue weighted by Gasteiger charge is 1.98. The normalized spacial score (nSPS) is 8.89. The Kier molecular flexibility index (Phi) is 1.59. The Hall–Kier alpha value is -1.17. The van der Waals surface area contributed by atoms with E-state index in [4.69, 9.17) is 0 Å². The van der Waals surface area contributed by atoms with E-state index >= 15 is 0 Å². The molecule has 0 spiro atoms. The molecule has 2 N–H and O–H groups in total. The maximum Gasteiger partial charge on any atom is 0.411 e. The Labute approximate surface area is 54.8 Å². The minimum atomic E-state index is -0.873. The molecule has 0 saturated carbocycles. The van der Waals surface area contributed by atoms with Crippen LogP contribution in [-0.2, 0) is 0 Å². The van der Waals surface area contributed by atoms with Crippen LogP contribution < -0.4 is 10.5 Å². The molecule has 1 rings (SSSR count). The van der Waals surface area contributed by atoms with Crippen molar-refractivity contribution in [1.82, 2.24) is 8.75 Å². The Bertz CT molecular complexity index is 197. The van der Waals surface area contributed by atoms with Gasteiger partial charge in [0.15, 0.2) is 0 Å². The van der Waals surface area contributed by atoms with Crippen LogP contribution in [0.2, 0.25) is 0 Å². The number of nitrogens with two attached hydrogens (primary N) is 1. The zero-order valence-corrected chi connectivity index (χ0v) is 5.09. The van der Waals surface area contributed by atoms with Crippen LogP contribution in [0, 0.1) is 0 Å². The number of rotatable bonds is 1. The summed E-state index contributed by atoms with van der Waals surface area (Å²) in [6, 6.07) is 0. The average Bonchev–Trinajstić information content (AvgIpc) is 2.15. The average molecular weight is 145 g/mol. The van der Waals surface area contributed by atoms with E-state index in [1.54, 1.807) is 0 Å². The highest BCUT2D eigenvalue weighted by Crippen LogP contribution is 2.03. The molecule has 9 heavy (non-hydrogen) atoms. The second kappa shape index (κ2) is 2.40. The van der Waals surface area contributed by atoms with Crippen molar-refractivity contribution in [3.8, 4) is 5.88 Å². The highest BCUT2D eigenvalue weighted by atomic mass is 32.1. The zero-order chi connectivity index (χ0) is 6.69. The van der Waals surface area contributed by atoms with Gasteiger partial charge in [-0.05, 0) is 0 Å². The van der Waals surface area contributed by atoms with Gasteiger partial charge in [-0.2, -0.15) is 4.37 Å². The SMILES string of the molecule is NC(=O)Oc1cnsn1. The van der Waals surface area contributed by atoms with E-state index in [1.807, 2.05) is 0 Å². The van der Waals surface area contributed by atoms with Gasteiger partial charge in [-0.15, -0.1) is 4.37 Å². The third-order valence-electron chi connectivity index (χ3n) is 0.546. The summed E-state index contributed by atoms with van der Waals surface area (Å²) in [5, 5.41) is 0. The van der Waals surface area contributed by atoms with Gasteiger partial charge < -0.3 is 10.5 Å². The first-order valence-corrected chi connectivity index (χ1v) is 2.77. The van der Waals surface area contributed by atoms with Crippen LogP contribution in [0.4, 0.5) is 4.79 Å². The molecular formula is C3H3N3O2S. The maximum atomic E-state index is 10.0. The lowest BCUT2D eigenvalue weighted by Crippen LogP contribution is -2.16. The van der Waals surface area contributed by atoms with Crippen molar-refractivity contribution in [2.45, 2.75) is 0 Å².